The molecule has 0 spiro atoms. The Kier molecular flexibility index (Phi) is 6.69. The first-order chi connectivity index (χ1) is 6.88. The highest BCUT2D eigenvalue weighted by molar-refractivity contribution is 8.16. The molecule has 0 aliphatic carbocycles. The van der Waals surface area contributed by atoms with Gasteiger partial charge in [-0.1, -0.05) is 0 Å². The summed E-state index contributed by atoms with van der Waals surface area (Å²) >= 11 is 13.0. The van der Waals surface area contributed by atoms with E-state index < -0.39 is 0 Å². The van der Waals surface area contributed by atoms with Gasteiger partial charge in [0, 0.05) is 16.3 Å². The molecule has 1 heterocycles. The fourth-order valence-corrected chi connectivity index (χ4v) is 4.25. The monoisotopic (exact) mass is 262 g/mol. The number of hydrogen-bond donors (Lipinski definition) is 0. The lowest BCUT2D eigenvalue weighted by molar-refractivity contribution is 0.579. The standard InChI is InChI=1S/C8H10N2S4/c11-4-9-1-7-3-13-6-14-8(7)2-10-5-12/h7-8H,1-3,6H2. The number of thioether (sulfide) groups is 2. The van der Waals surface area contributed by atoms with Gasteiger partial charge in [0.25, 0.3) is 0 Å². The van der Waals surface area contributed by atoms with Crippen molar-refractivity contribution in [2.24, 2.45) is 15.9 Å². The van der Waals surface area contributed by atoms with Crippen LogP contribution in [0.3, 0.4) is 0 Å². The Hall–Kier alpha value is 0.300. The van der Waals surface area contributed by atoms with E-state index in [1.807, 2.05) is 23.5 Å². The van der Waals surface area contributed by atoms with Gasteiger partial charge < -0.3 is 0 Å². The Morgan fingerprint density at radius 1 is 1.21 bits per heavy atom. The van der Waals surface area contributed by atoms with Crippen LogP contribution in [-0.2, 0) is 0 Å². The summed E-state index contributed by atoms with van der Waals surface area (Å²) in [5.74, 6) is 1.67. The molecule has 0 saturated carbocycles. The predicted octanol–water partition coefficient (Wildman–Crippen LogP) is 2.61. The smallest absolute Gasteiger partial charge is 0.0615 e. The number of nitrogens with zero attached hydrogens (tertiary/aromatic N) is 2. The zero-order valence-corrected chi connectivity index (χ0v) is 10.8. The van der Waals surface area contributed by atoms with E-state index in [2.05, 4.69) is 44.7 Å². The van der Waals surface area contributed by atoms with Crippen LogP contribution in [0.25, 0.3) is 0 Å². The van der Waals surface area contributed by atoms with Gasteiger partial charge in [-0.25, -0.2) is 9.98 Å². The quantitative estimate of drug-likeness (QED) is 0.574. The summed E-state index contributed by atoms with van der Waals surface area (Å²) in [5, 5.41) is 6.47. The van der Waals surface area contributed by atoms with Crippen molar-refractivity contribution in [3.05, 3.63) is 0 Å². The highest BCUT2D eigenvalue weighted by atomic mass is 32.2. The average molecular weight is 262 g/mol. The van der Waals surface area contributed by atoms with Crippen molar-refractivity contribution in [1.82, 2.24) is 0 Å². The van der Waals surface area contributed by atoms with Crippen LogP contribution >= 0.6 is 48.0 Å². The van der Waals surface area contributed by atoms with Gasteiger partial charge in [-0.2, -0.15) is 11.8 Å². The fraction of sp³-hybridized carbons (Fsp3) is 0.750. The predicted molar refractivity (Wildman–Crippen MR) is 72.0 cm³/mol. The van der Waals surface area contributed by atoms with Crippen molar-refractivity contribution in [3.8, 4) is 0 Å². The van der Waals surface area contributed by atoms with Crippen LogP contribution in [0.5, 0.6) is 0 Å². The van der Waals surface area contributed by atoms with Crippen LogP contribution < -0.4 is 0 Å². The van der Waals surface area contributed by atoms with Crippen LogP contribution in [-0.4, -0.2) is 39.5 Å². The summed E-state index contributed by atoms with van der Waals surface area (Å²) in [6, 6.07) is 0. The van der Waals surface area contributed by atoms with E-state index in [1.165, 1.54) is 0 Å². The first-order valence-corrected chi connectivity index (χ1v) is 7.17. The van der Waals surface area contributed by atoms with Gasteiger partial charge in [0.05, 0.1) is 23.4 Å². The zero-order chi connectivity index (χ0) is 10.2. The summed E-state index contributed by atoms with van der Waals surface area (Å²) in [6.45, 7) is 1.52. The lowest BCUT2D eigenvalue weighted by atomic mass is 10.1. The first kappa shape index (κ1) is 12.4. The number of hydrogen-bond acceptors (Lipinski definition) is 6. The molecule has 0 N–H and O–H groups in total. The third-order valence-corrected chi connectivity index (χ3v) is 5.04. The Morgan fingerprint density at radius 3 is 2.64 bits per heavy atom. The van der Waals surface area contributed by atoms with Crippen LogP contribution in [0.4, 0.5) is 0 Å². The largest absolute Gasteiger partial charge is 0.232 e. The molecule has 2 unspecified atom stereocenters. The van der Waals surface area contributed by atoms with E-state index in [-0.39, 0.29) is 0 Å². The van der Waals surface area contributed by atoms with Crippen LogP contribution in [0.2, 0.25) is 0 Å². The number of aliphatic imine (C=N–C) groups is 2. The summed E-state index contributed by atoms with van der Waals surface area (Å²) in [6.07, 6.45) is 0. The van der Waals surface area contributed by atoms with Crippen LogP contribution in [0, 0.1) is 5.92 Å². The van der Waals surface area contributed by atoms with Gasteiger partial charge in [-0.15, -0.1) is 11.8 Å². The molecule has 0 bridgehead atoms. The Balaban J connectivity index is 2.48. The van der Waals surface area contributed by atoms with E-state index in [1.54, 1.807) is 0 Å². The SMILES string of the molecule is S=C=NCC1CSCSC1CN=C=S. The van der Waals surface area contributed by atoms with Crippen molar-refractivity contribution in [3.63, 3.8) is 0 Å². The van der Waals surface area contributed by atoms with Crippen molar-refractivity contribution < 1.29 is 0 Å². The van der Waals surface area contributed by atoms with Gasteiger partial charge in [-0.05, 0) is 30.2 Å². The van der Waals surface area contributed by atoms with Gasteiger partial charge in [0.15, 0.2) is 0 Å². The van der Waals surface area contributed by atoms with Gasteiger partial charge in [0.2, 0.25) is 0 Å². The summed E-state index contributed by atoms with van der Waals surface area (Å²) in [7, 11) is 0. The normalized spacial score (nSPS) is 26.0. The molecule has 1 saturated heterocycles. The minimum absolute atomic E-state index is 0.513. The highest BCUT2D eigenvalue weighted by Gasteiger charge is 2.25. The summed E-state index contributed by atoms with van der Waals surface area (Å²) < 4.78 is 0. The molecule has 2 atom stereocenters. The van der Waals surface area contributed by atoms with E-state index >= 15 is 0 Å². The Bertz CT molecular complexity index is 241. The molecule has 1 aliphatic rings. The second-order valence-electron chi connectivity index (χ2n) is 2.82. The van der Waals surface area contributed by atoms with E-state index in [9.17, 15) is 0 Å². The fourth-order valence-electron chi connectivity index (χ4n) is 1.23. The third kappa shape index (κ3) is 4.22. The molecule has 76 valence electrons. The highest BCUT2D eigenvalue weighted by Crippen LogP contribution is 2.33. The molecule has 0 aromatic rings. The second-order valence-corrected chi connectivity index (χ2v) is 5.81. The second kappa shape index (κ2) is 7.57. The zero-order valence-electron chi connectivity index (χ0n) is 7.51. The topological polar surface area (TPSA) is 24.7 Å². The lowest BCUT2D eigenvalue weighted by Crippen LogP contribution is -2.28. The van der Waals surface area contributed by atoms with E-state index in [0.29, 0.717) is 11.2 Å². The molecule has 14 heavy (non-hydrogen) atoms. The molecule has 2 nitrogen and oxygen atoms in total. The minimum atomic E-state index is 0.513. The van der Waals surface area contributed by atoms with E-state index in [4.69, 9.17) is 0 Å². The minimum Gasteiger partial charge on any atom is -0.232 e. The molecular weight excluding hydrogens is 252 g/mol. The van der Waals surface area contributed by atoms with Crippen molar-refractivity contribution in [2.45, 2.75) is 5.25 Å². The molecule has 1 aliphatic heterocycles. The van der Waals surface area contributed by atoms with Crippen molar-refractivity contribution in [2.75, 3.05) is 23.9 Å². The number of rotatable bonds is 4. The van der Waals surface area contributed by atoms with Gasteiger partial charge in [0.1, 0.15) is 0 Å². The maximum atomic E-state index is 4.56. The maximum Gasteiger partial charge on any atom is 0.0615 e. The Morgan fingerprint density at radius 2 is 1.93 bits per heavy atom. The number of thiocarbonyl (C=S) groups is 2. The van der Waals surface area contributed by atoms with E-state index in [0.717, 1.165) is 23.9 Å². The van der Waals surface area contributed by atoms with Crippen LogP contribution in [0.15, 0.2) is 9.98 Å². The summed E-state index contributed by atoms with van der Waals surface area (Å²) in [5.41, 5.74) is 0. The molecular formula is C8H10N2S4. The van der Waals surface area contributed by atoms with Crippen molar-refractivity contribution >= 4 is 58.3 Å². The molecule has 6 heteroatoms. The molecule has 1 rings (SSSR count). The lowest BCUT2D eigenvalue weighted by Gasteiger charge is -2.27. The molecule has 0 amide bonds. The van der Waals surface area contributed by atoms with Gasteiger partial charge >= 0.3 is 0 Å². The molecule has 0 aromatic carbocycles. The summed E-state index contributed by atoms with van der Waals surface area (Å²) in [4.78, 5) is 8.00. The number of isothiocyanates is 2. The molecule has 0 aromatic heterocycles. The van der Waals surface area contributed by atoms with Crippen LogP contribution in [0.1, 0.15) is 0 Å². The van der Waals surface area contributed by atoms with Crippen molar-refractivity contribution in [1.29, 1.82) is 0 Å². The maximum absolute atomic E-state index is 4.56. The first-order valence-electron chi connectivity index (χ1n) is 4.15. The molecule has 1 fully saturated rings. The van der Waals surface area contributed by atoms with Gasteiger partial charge in [-0.3, -0.25) is 0 Å². The third-order valence-electron chi connectivity index (χ3n) is 1.95. The Labute approximate surface area is 103 Å². The average Bonchev–Trinajstić information content (AvgIpc) is 2.24. The molecule has 0 radical (unpaired) electrons.